The molecule has 3 atom stereocenters. The van der Waals surface area contributed by atoms with Gasteiger partial charge in [0.05, 0.1) is 18.8 Å². The minimum absolute atomic E-state index is 0. The molecule has 0 spiro atoms. The van der Waals surface area contributed by atoms with Crippen LogP contribution in [0.4, 0.5) is 0 Å². The van der Waals surface area contributed by atoms with Crippen LogP contribution in [0.25, 0.3) is 0 Å². The Kier molecular flexibility index (Phi) is 47.9. The second-order valence-corrected chi connectivity index (χ2v) is 12.2. The molecular weight excluding hydrogens is 699 g/mol. The van der Waals surface area contributed by atoms with Gasteiger partial charge in [0, 0.05) is 12.4 Å². The molecule has 306 valence electrons. The molecule has 0 saturated heterocycles. The quantitative estimate of drug-likeness (QED) is 0.0312. The fourth-order valence-corrected chi connectivity index (χ4v) is 4.05. The summed E-state index contributed by atoms with van der Waals surface area (Å²) in [7, 11) is 0. The Morgan fingerprint density at radius 3 is 1.16 bits per heavy atom. The number of carbonyl (C=O) groups excluding carboxylic acids is 2. The van der Waals surface area contributed by atoms with Crippen LogP contribution in [0.1, 0.15) is 104 Å². The third-order valence-corrected chi connectivity index (χ3v) is 7.08. The zero-order valence-electron chi connectivity index (χ0n) is 34.3. The number of allylic oxidation sites excluding steroid dienone is 22. The first-order valence-electron chi connectivity index (χ1n) is 19.6. The molecule has 0 bridgehead atoms. The van der Waals surface area contributed by atoms with Gasteiger partial charge < -0.3 is 35.1 Å². The van der Waals surface area contributed by atoms with Gasteiger partial charge in [0.2, 0.25) is 0 Å². The van der Waals surface area contributed by atoms with Crippen LogP contribution in [-0.4, -0.2) is 63.9 Å². The summed E-state index contributed by atoms with van der Waals surface area (Å²) in [5.41, 5.74) is 0. The van der Waals surface area contributed by atoms with Crippen LogP contribution in [0.3, 0.4) is 0 Å². The fraction of sp³-hybridized carbons (Fsp3) is 0.447. The normalized spacial score (nSPS) is 14.4. The number of aliphatic hydroxyl groups is 4. The number of carboxylic acid groups (broad SMARTS) is 1. The van der Waals surface area contributed by atoms with E-state index < -0.39 is 36.9 Å². The van der Waals surface area contributed by atoms with Crippen molar-refractivity contribution in [3.63, 3.8) is 0 Å². The van der Waals surface area contributed by atoms with E-state index in [0.717, 1.165) is 64.2 Å². The molecule has 56 heavy (non-hydrogen) atoms. The van der Waals surface area contributed by atoms with Gasteiger partial charge >= 0.3 is 24.8 Å². The average molecular weight is 769 g/mol. The summed E-state index contributed by atoms with van der Waals surface area (Å²) in [4.78, 5) is 21.7. The third kappa shape index (κ3) is 50.3. The van der Waals surface area contributed by atoms with E-state index in [1.807, 2.05) is 24.3 Å². The van der Waals surface area contributed by atoms with Gasteiger partial charge in [0.25, 0.3) is 0 Å². The second kappa shape index (κ2) is 47.4. The average Bonchev–Trinajstić information content (AvgIpc) is 3.18. The number of ether oxygens (including phenoxy) is 1. The maximum absolute atomic E-state index is 11.4. The molecule has 9 heteroatoms. The van der Waals surface area contributed by atoms with E-state index in [2.05, 4.69) is 111 Å². The van der Waals surface area contributed by atoms with Gasteiger partial charge in [-0.25, -0.2) is 0 Å². The van der Waals surface area contributed by atoms with Gasteiger partial charge in [-0.1, -0.05) is 160 Å². The van der Waals surface area contributed by atoms with Crippen LogP contribution in [0, 0.1) is 0 Å². The summed E-state index contributed by atoms with van der Waals surface area (Å²) < 4.78 is 4.76. The summed E-state index contributed by atoms with van der Waals surface area (Å²) in [5.74, 6) is -1.65. The van der Waals surface area contributed by atoms with Crippen LogP contribution < -0.4 is 24.0 Å². The number of hydrogen-bond acceptors (Lipinski definition) is 8. The molecule has 0 heterocycles. The molecule has 0 aromatic heterocycles. The minimum Gasteiger partial charge on any atom is -0.550 e. The fourth-order valence-electron chi connectivity index (χ4n) is 4.05. The Bertz CT molecular complexity index is 1280. The predicted octanol–water partition coefficient (Wildman–Crippen LogP) is 5.52. The Balaban J connectivity index is -0.00000100. The molecule has 3 unspecified atom stereocenters. The van der Waals surface area contributed by atoms with Crippen molar-refractivity contribution in [1.82, 2.24) is 0 Å². The minimum atomic E-state index is -1.14. The smallest absolute Gasteiger partial charge is 0.550 e. The van der Waals surface area contributed by atoms with Crippen molar-refractivity contribution in [3.05, 3.63) is 146 Å². The standard InChI is InChI=1S/C25H38O5.C22H32O3.Li/c1-2-3-4-5-6-7-8-9-10-11-12-13-14-15-16-17-18-23(27)19-20-25(29)30-22-24(28)21-26;1-2-3-4-5-6-7-8-9-10-11-12-13-14-15-16-17-18-21(23)19-20-22(24)25;/h3-4,6-7,9-10,12-13,15-18,23-24,26-28H,2,5,8,11,14,19-22H2,1H3;3-4,6-7,9-10,12-13,15-18,21,23H,2,5,8,11,14,19-20H2,1H3,(H,24,25);/q;;+1/p-1/b2*4-3-,7-6-,10-9-,13-12-,16-15-,18-17+;. The van der Waals surface area contributed by atoms with Crippen molar-refractivity contribution >= 4 is 11.9 Å². The van der Waals surface area contributed by atoms with Gasteiger partial charge in [-0.3, -0.25) is 4.79 Å². The first-order chi connectivity index (χ1) is 26.8. The summed E-state index contributed by atoms with van der Waals surface area (Å²) in [6.45, 7) is 3.58. The van der Waals surface area contributed by atoms with E-state index in [1.54, 1.807) is 24.3 Å². The molecule has 0 saturated carbocycles. The van der Waals surface area contributed by atoms with Crippen LogP contribution in [-0.2, 0) is 14.3 Å². The number of esters is 1. The van der Waals surface area contributed by atoms with Gasteiger partial charge in [-0.05, 0) is 83.5 Å². The van der Waals surface area contributed by atoms with E-state index in [4.69, 9.17) is 14.9 Å². The van der Waals surface area contributed by atoms with E-state index in [1.165, 1.54) is 0 Å². The Hall–Kier alpha value is -3.74. The Morgan fingerprint density at radius 2 is 0.839 bits per heavy atom. The third-order valence-electron chi connectivity index (χ3n) is 7.08. The molecule has 0 aliphatic carbocycles. The van der Waals surface area contributed by atoms with E-state index >= 15 is 0 Å². The molecular formula is C47H69LiO8. The SMILES string of the molecule is CC/C=C\C/C=C\C/C=C\C/C=C\C/C=C\C=C\C(O)CCC(=O)OCC(O)CO.CC/C=C\C/C=C\C/C=C\C/C=C\C/C=C\C=C\C(O)CCC(=O)[O-].[Li+]. The van der Waals surface area contributed by atoms with Crippen molar-refractivity contribution in [1.29, 1.82) is 0 Å². The van der Waals surface area contributed by atoms with Crippen molar-refractivity contribution < 1.29 is 58.7 Å². The van der Waals surface area contributed by atoms with Gasteiger partial charge in [-0.15, -0.1) is 0 Å². The zero-order chi connectivity index (χ0) is 40.9. The van der Waals surface area contributed by atoms with E-state index in [9.17, 15) is 24.9 Å². The van der Waals surface area contributed by atoms with Crippen LogP contribution in [0.15, 0.2) is 146 Å². The summed E-state index contributed by atoms with van der Waals surface area (Å²) in [5, 5.41) is 47.2. The van der Waals surface area contributed by atoms with Gasteiger partial charge in [-0.2, -0.15) is 0 Å². The number of hydrogen-bond donors (Lipinski definition) is 4. The van der Waals surface area contributed by atoms with Gasteiger partial charge in [0.15, 0.2) is 0 Å². The number of carboxylic acids is 1. The maximum Gasteiger partial charge on any atom is 1.00 e. The Morgan fingerprint density at radius 1 is 0.518 bits per heavy atom. The van der Waals surface area contributed by atoms with Crippen LogP contribution in [0.2, 0.25) is 0 Å². The number of aliphatic hydroxyl groups excluding tert-OH is 4. The van der Waals surface area contributed by atoms with Crippen molar-refractivity contribution in [2.75, 3.05) is 13.2 Å². The molecule has 0 aromatic rings. The van der Waals surface area contributed by atoms with E-state index in [0.29, 0.717) is 0 Å². The maximum atomic E-state index is 11.4. The molecule has 0 amide bonds. The predicted molar refractivity (Wildman–Crippen MR) is 227 cm³/mol. The monoisotopic (exact) mass is 769 g/mol. The molecule has 4 N–H and O–H groups in total. The molecule has 0 fully saturated rings. The molecule has 0 aliphatic rings. The molecule has 8 nitrogen and oxygen atoms in total. The number of carbonyl (C=O) groups is 2. The summed E-state index contributed by atoms with van der Waals surface area (Å²) in [6, 6.07) is 0. The molecule has 0 rings (SSSR count). The van der Waals surface area contributed by atoms with E-state index in [-0.39, 0.29) is 51.2 Å². The summed E-state index contributed by atoms with van der Waals surface area (Å²) in [6.07, 6.45) is 56.3. The first kappa shape index (κ1) is 56.6. The topological polar surface area (TPSA) is 147 Å². The number of aliphatic carboxylic acids is 1. The summed E-state index contributed by atoms with van der Waals surface area (Å²) >= 11 is 0. The molecule has 0 aromatic carbocycles. The molecule has 0 aliphatic heterocycles. The van der Waals surface area contributed by atoms with Crippen LogP contribution in [0.5, 0.6) is 0 Å². The second-order valence-electron chi connectivity index (χ2n) is 12.2. The largest absolute Gasteiger partial charge is 1.00 e. The number of rotatable bonds is 31. The first-order valence-corrected chi connectivity index (χ1v) is 19.6. The Labute approximate surface area is 350 Å². The van der Waals surface area contributed by atoms with Crippen LogP contribution >= 0.6 is 0 Å². The molecule has 0 radical (unpaired) electrons. The van der Waals surface area contributed by atoms with Gasteiger partial charge in [0.1, 0.15) is 12.7 Å². The zero-order valence-corrected chi connectivity index (χ0v) is 34.3. The van der Waals surface area contributed by atoms with Crippen molar-refractivity contribution in [2.45, 2.75) is 122 Å². The van der Waals surface area contributed by atoms with Crippen molar-refractivity contribution in [3.8, 4) is 0 Å². The van der Waals surface area contributed by atoms with Crippen molar-refractivity contribution in [2.24, 2.45) is 0 Å².